The molecule has 0 unspecified atom stereocenters. The van der Waals surface area contributed by atoms with Crippen molar-refractivity contribution in [3.63, 3.8) is 0 Å². The standard InChI is InChI=1S/C13H17ClN4/c1-3-7-15-13-5-4-11(14)12(17-13)9-18-10(2)6-8-16-18/h4-6,8H,3,7,9H2,1-2H3,(H,15,17). The van der Waals surface area contributed by atoms with Crippen LogP contribution in [-0.4, -0.2) is 21.3 Å². The maximum atomic E-state index is 6.17. The first-order valence-electron chi connectivity index (χ1n) is 6.08. The van der Waals surface area contributed by atoms with E-state index < -0.39 is 0 Å². The summed E-state index contributed by atoms with van der Waals surface area (Å²) in [4.78, 5) is 4.52. The van der Waals surface area contributed by atoms with Gasteiger partial charge >= 0.3 is 0 Å². The highest BCUT2D eigenvalue weighted by molar-refractivity contribution is 6.31. The summed E-state index contributed by atoms with van der Waals surface area (Å²) in [6, 6.07) is 5.74. The predicted molar refractivity (Wildman–Crippen MR) is 74.1 cm³/mol. The molecule has 0 aliphatic heterocycles. The van der Waals surface area contributed by atoms with E-state index in [-0.39, 0.29) is 0 Å². The first-order chi connectivity index (χ1) is 8.70. The van der Waals surface area contributed by atoms with Crippen molar-refractivity contribution >= 4 is 17.4 Å². The molecule has 96 valence electrons. The van der Waals surface area contributed by atoms with Crippen LogP contribution in [-0.2, 0) is 6.54 Å². The van der Waals surface area contributed by atoms with E-state index in [0.717, 1.165) is 30.2 Å². The third-order valence-electron chi connectivity index (χ3n) is 2.70. The molecule has 2 heterocycles. The van der Waals surface area contributed by atoms with Crippen molar-refractivity contribution in [2.75, 3.05) is 11.9 Å². The molecule has 0 amide bonds. The largest absolute Gasteiger partial charge is 0.370 e. The molecule has 4 nitrogen and oxygen atoms in total. The Morgan fingerprint density at radius 1 is 1.33 bits per heavy atom. The van der Waals surface area contributed by atoms with Crippen LogP contribution in [0.3, 0.4) is 0 Å². The first-order valence-corrected chi connectivity index (χ1v) is 6.46. The minimum Gasteiger partial charge on any atom is -0.370 e. The SMILES string of the molecule is CCCNc1ccc(Cl)c(Cn2nccc2C)n1. The van der Waals surface area contributed by atoms with Crippen molar-refractivity contribution in [2.24, 2.45) is 0 Å². The highest BCUT2D eigenvalue weighted by Crippen LogP contribution is 2.18. The summed E-state index contributed by atoms with van der Waals surface area (Å²) in [7, 11) is 0. The Hall–Kier alpha value is -1.55. The van der Waals surface area contributed by atoms with E-state index in [2.05, 4.69) is 22.3 Å². The lowest BCUT2D eigenvalue weighted by atomic mass is 10.3. The smallest absolute Gasteiger partial charge is 0.126 e. The normalized spacial score (nSPS) is 10.6. The molecule has 2 aromatic heterocycles. The van der Waals surface area contributed by atoms with E-state index in [1.165, 1.54) is 0 Å². The predicted octanol–water partition coefficient (Wildman–Crippen LogP) is 3.11. The van der Waals surface area contributed by atoms with Gasteiger partial charge in [0.15, 0.2) is 0 Å². The van der Waals surface area contributed by atoms with Gasteiger partial charge in [0, 0.05) is 18.4 Å². The second-order valence-electron chi connectivity index (χ2n) is 4.18. The molecular weight excluding hydrogens is 248 g/mol. The number of aromatic nitrogens is 3. The van der Waals surface area contributed by atoms with Gasteiger partial charge in [0.25, 0.3) is 0 Å². The van der Waals surface area contributed by atoms with Crippen LogP contribution in [0.1, 0.15) is 24.7 Å². The van der Waals surface area contributed by atoms with Crippen LogP contribution < -0.4 is 5.32 Å². The Balaban J connectivity index is 2.18. The van der Waals surface area contributed by atoms with Gasteiger partial charge in [-0.2, -0.15) is 5.10 Å². The molecule has 1 N–H and O–H groups in total. The van der Waals surface area contributed by atoms with Crippen LogP contribution in [0.2, 0.25) is 5.02 Å². The van der Waals surface area contributed by atoms with Crippen molar-refractivity contribution in [3.8, 4) is 0 Å². The minimum absolute atomic E-state index is 0.597. The molecule has 0 saturated carbocycles. The molecule has 0 bridgehead atoms. The van der Waals surface area contributed by atoms with Gasteiger partial charge in [0.05, 0.1) is 17.3 Å². The third kappa shape index (κ3) is 3.01. The van der Waals surface area contributed by atoms with Crippen LogP contribution in [0.5, 0.6) is 0 Å². The lowest BCUT2D eigenvalue weighted by Gasteiger charge is -2.09. The Bertz CT molecular complexity index is 521. The molecule has 2 aromatic rings. The summed E-state index contributed by atoms with van der Waals surface area (Å²) in [5.74, 6) is 0.862. The zero-order valence-electron chi connectivity index (χ0n) is 10.7. The van der Waals surface area contributed by atoms with E-state index >= 15 is 0 Å². The maximum Gasteiger partial charge on any atom is 0.126 e. The van der Waals surface area contributed by atoms with Crippen LogP contribution in [0.25, 0.3) is 0 Å². The zero-order valence-corrected chi connectivity index (χ0v) is 11.4. The fourth-order valence-corrected chi connectivity index (χ4v) is 1.82. The van der Waals surface area contributed by atoms with Gasteiger partial charge in [-0.1, -0.05) is 18.5 Å². The maximum absolute atomic E-state index is 6.17. The Morgan fingerprint density at radius 3 is 2.83 bits per heavy atom. The molecule has 0 spiro atoms. The Kier molecular flexibility index (Phi) is 4.20. The number of nitrogens with zero attached hydrogens (tertiary/aromatic N) is 3. The number of pyridine rings is 1. The third-order valence-corrected chi connectivity index (χ3v) is 3.05. The van der Waals surface area contributed by atoms with Gasteiger partial charge in [-0.05, 0) is 31.5 Å². The summed E-state index contributed by atoms with van der Waals surface area (Å²) in [5.41, 5.74) is 1.93. The fourth-order valence-electron chi connectivity index (χ4n) is 1.65. The fraction of sp³-hybridized carbons (Fsp3) is 0.385. The minimum atomic E-state index is 0.597. The van der Waals surface area contributed by atoms with E-state index in [1.807, 2.05) is 29.8 Å². The number of anilines is 1. The summed E-state index contributed by atoms with van der Waals surface area (Å²) in [6.45, 7) is 5.64. The van der Waals surface area contributed by atoms with Crippen molar-refractivity contribution in [1.82, 2.24) is 14.8 Å². The second-order valence-corrected chi connectivity index (χ2v) is 4.59. The molecule has 0 atom stereocenters. The number of aryl methyl sites for hydroxylation is 1. The lowest BCUT2D eigenvalue weighted by Crippen LogP contribution is -2.08. The summed E-state index contributed by atoms with van der Waals surface area (Å²) >= 11 is 6.17. The van der Waals surface area contributed by atoms with Gasteiger partial charge in [0.2, 0.25) is 0 Å². The number of halogens is 1. The number of hydrogen-bond acceptors (Lipinski definition) is 3. The molecule has 0 aliphatic rings. The van der Waals surface area contributed by atoms with Crippen molar-refractivity contribution in [3.05, 3.63) is 40.8 Å². The molecule has 5 heteroatoms. The summed E-state index contributed by atoms with van der Waals surface area (Å²) in [5, 5.41) is 8.17. The molecular formula is C13H17ClN4. The number of rotatable bonds is 5. The summed E-state index contributed by atoms with van der Waals surface area (Å²) < 4.78 is 1.89. The van der Waals surface area contributed by atoms with Gasteiger partial charge in [-0.3, -0.25) is 4.68 Å². The average molecular weight is 265 g/mol. The van der Waals surface area contributed by atoms with E-state index in [4.69, 9.17) is 11.6 Å². The molecule has 0 aliphatic carbocycles. The first kappa shape index (κ1) is 12.9. The van der Waals surface area contributed by atoms with Crippen molar-refractivity contribution in [1.29, 1.82) is 0 Å². The van der Waals surface area contributed by atoms with E-state index in [0.29, 0.717) is 11.6 Å². The molecule has 0 aromatic carbocycles. The molecule has 0 fully saturated rings. The molecule has 2 rings (SSSR count). The van der Waals surface area contributed by atoms with Crippen LogP contribution >= 0.6 is 11.6 Å². The Labute approximate surface area is 112 Å². The van der Waals surface area contributed by atoms with E-state index in [1.54, 1.807) is 6.20 Å². The van der Waals surface area contributed by atoms with Gasteiger partial charge in [-0.25, -0.2) is 4.98 Å². The zero-order chi connectivity index (χ0) is 13.0. The topological polar surface area (TPSA) is 42.7 Å². The van der Waals surface area contributed by atoms with Gasteiger partial charge < -0.3 is 5.32 Å². The van der Waals surface area contributed by atoms with Crippen LogP contribution in [0, 0.1) is 6.92 Å². The van der Waals surface area contributed by atoms with Gasteiger partial charge in [-0.15, -0.1) is 0 Å². The quantitative estimate of drug-likeness (QED) is 0.902. The second kappa shape index (κ2) is 5.87. The van der Waals surface area contributed by atoms with Crippen LogP contribution in [0.4, 0.5) is 5.82 Å². The van der Waals surface area contributed by atoms with Crippen molar-refractivity contribution in [2.45, 2.75) is 26.8 Å². The summed E-state index contributed by atoms with van der Waals surface area (Å²) in [6.07, 6.45) is 2.85. The van der Waals surface area contributed by atoms with Gasteiger partial charge in [0.1, 0.15) is 5.82 Å². The van der Waals surface area contributed by atoms with Crippen LogP contribution in [0.15, 0.2) is 24.4 Å². The molecule has 0 radical (unpaired) electrons. The lowest BCUT2D eigenvalue weighted by molar-refractivity contribution is 0.653. The average Bonchev–Trinajstić information content (AvgIpc) is 2.76. The van der Waals surface area contributed by atoms with Crippen molar-refractivity contribution < 1.29 is 0 Å². The molecule has 18 heavy (non-hydrogen) atoms. The monoisotopic (exact) mass is 264 g/mol. The molecule has 0 saturated heterocycles. The number of nitrogens with one attached hydrogen (secondary N) is 1. The van der Waals surface area contributed by atoms with E-state index in [9.17, 15) is 0 Å². The highest BCUT2D eigenvalue weighted by Gasteiger charge is 2.06. The highest BCUT2D eigenvalue weighted by atomic mass is 35.5. The Morgan fingerprint density at radius 2 is 2.17 bits per heavy atom. The number of hydrogen-bond donors (Lipinski definition) is 1.